The molecule has 0 saturated carbocycles. The van der Waals surface area contributed by atoms with Crippen molar-refractivity contribution < 1.29 is 28.5 Å². The Kier molecular flexibility index (Phi) is 8.93. The van der Waals surface area contributed by atoms with E-state index in [1.807, 2.05) is 48.5 Å². The number of esters is 1. The maximum Gasteiger partial charge on any atom is 0.303 e. The van der Waals surface area contributed by atoms with E-state index in [4.69, 9.17) is 25.8 Å². The first-order chi connectivity index (χ1) is 14.3. The molecule has 30 heavy (non-hydrogen) atoms. The number of aliphatic hydroxyl groups excluding tert-OH is 1. The summed E-state index contributed by atoms with van der Waals surface area (Å²) in [5.41, 5.74) is 1.89. The van der Waals surface area contributed by atoms with Crippen molar-refractivity contribution in [3.05, 3.63) is 59.7 Å². The molecule has 7 heteroatoms. The normalized spacial score (nSPS) is 13.4. The van der Waals surface area contributed by atoms with Gasteiger partial charge in [-0.15, -0.1) is 11.6 Å². The van der Waals surface area contributed by atoms with E-state index in [1.54, 1.807) is 0 Å². The molecule has 0 aliphatic rings. The standard InChI is InChI=1S/C23H28ClFO5/c1-16(26)30-22(13-25)15-29-21-10-6-18(7-11-21)23(2,3)17-4-8-20(9-5-17)28-14-19(27)12-24/h4-11,19,22,27H,12-15H2,1-3H3/t19-,22-/m0/s1. The van der Waals surface area contributed by atoms with Crippen LogP contribution in [0.2, 0.25) is 0 Å². The lowest BCUT2D eigenvalue weighted by atomic mass is 9.78. The van der Waals surface area contributed by atoms with E-state index in [9.17, 15) is 14.3 Å². The summed E-state index contributed by atoms with van der Waals surface area (Å²) >= 11 is 5.57. The van der Waals surface area contributed by atoms with Crippen LogP contribution in [0.15, 0.2) is 48.5 Å². The SMILES string of the molecule is CC(=O)O[C@@H](CF)COc1ccc(C(C)(C)c2ccc(OC[C@@H](O)CCl)cc2)cc1. The topological polar surface area (TPSA) is 65.0 Å². The van der Waals surface area contributed by atoms with Crippen molar-refractivity contribution >= 4 is 17.6 Å². The number of hydrogen-bond acceptors (Lipinski definition) is 5. The Morgan fingerprint density at radius 1 is 1.00 bits per heavy atom. The third-order valence-electron chi connectivity index (χ3n) is 4.71. The van der Waals surface area contributed by atoms with Crippen LogP contribution in [0, 0.1) is 0 Å². The molecule has 0 aliphatic carbocycles. The van der Waals surface area contributed by atoms with Crippen LogP contribution in [0.4, 0.5) is 4.39 Å². The first-order valence-electron chi connectivity index (χ1n) is 9.70. The van der Waals surface area contributed by atoms with Crippen molar-refractivity contribution in [2.75, 3.05) is 25.8 Å². The van der Waals surface area contributed by atoms with Gasteiger partial charge in [-0.2, -0.15) is 0 Å². The molecule has 164 valence electrons. The minimum absolute atomic E-state index is 0.0430. The van der Waals surface area contributed by atoms with Crippen LogP contribution in [-0.2, 0) is 14.9 Å². The van der Waals surface area contributed by atoms with Crippen molar-refractivity contribution in [1.82, 2.24) is 0 Å². The quantitative estimate of drug-likeness (QED) is 0.419. The van der Waals surface area contributed by atoms with Crippen molar-refractivity contribution in [1.29, 1.82) is 0 Å². The van der Waals surface area contributed by atoms with E-state index in [0.29, 0.717) is 11.5 Å². The molecule has 0 aromatic heterocycles. The largest absolute Gasteiger partial charge is 0.491 e. The van der Waals surface area contributed by atoms with Crippen molar-refractivity contribution in [3.8, 4) is 11.5 Å². The molecule has 2 aromatic carbocycles. The molecular weight excluding hydrogens is 411 g/mol. The molecule has 0 heterocycles. The van der Waals surface area contributed by atoms with E-state index < -0.39 is 24.9 Å². The monoisotopic (exact) mass is 438 g/mol. The van der Waals surface area contributed by atoms with Gasteiger partial charge in [0.2, 0.25) is 0 Å². The Morgan fingerprint density at radius 2 is 1.47 bits per heavy atom. The molecule has 0 radical (unpaired) electrons. The predicted molar refractivity (Wildman–Crippen MR) is 114 cm³/mol. The fraction of sp³-hybridized carbons (Fsp3) is 0.435. The summed E-state index contributed by atoms with van der Waals surface area (Å²) < 4.78 is 28.8. The highest BCUT2D eigenvalue weighted by molar-refractivity contribution is 6.18. The van der Waals surface area contributed by atoms with Crippen molar-refractivity contribution in [3.63, 3.8) is 0 Å². The van der Waals surface area contributed by atoms with Gasteiger partial charge in [-0.25, -0.2) is 4.39 Å². The van der Waals surface area contributed by atoms with E-state index >= 15 is 0 Å². The molecule has 0 bridgehead atoms. The number of hydrogen-bond donors (Lipinski definition) is 1. The smallest absolute Gasteiger partial charge is 0.303 e. The van der Waals surface area contributed by atoms with Gasteiger partial charge in [0.15, 0.2) is 6.10 Å². The number of carbonyl (C=O) groups is 1. The lowest BCUT2D eigenvalue weighted by Gasteiger charge is -2.26. The molecule has 0 fully saturated rings. The van der Waals surface area contributed by atoms with Crippen LogP contribution in [0.25, 0.3) is 0 Å². The molecule has 0 unspecified atom stereocenters. The van der Waals surface area contributed by atoms with Gasteiger partial charge < -0.3 is 19.3 Å². The Morgan fingerprint density at radius 3 is 1.87 bits per heavy atom. The molecule has 2 atom stereocenters. The van der Waals surface area contributed by atoms with Gasteiger partial charge in [0, 0.05) is 12.3 Å². The van der Waals surface area contributed by atoms with Crippen LogP contribution in [0.5, 0.6) is 11.5 Å². The maximum absolute atomic E-state index is 12.9. The number of carbonyl (C=O) groups excluding carboxylic acids is 1. The number of ether oxygens (including phenoxy) is 3. The van der Waals surface area contributed by atoms with Gasteiger partial charge in [-0.05, 0) is 35.4 Å². The number of halogens is 2. The number of benzene rings is 2. The molecule has 0 amide bonds. The third kappa shape index (κ3) is 6.89. The Bertz CT molecular complexity index is 792. The second-order valence-electron chi connectivity index (χ2n) is 7.49. The van der Waals surface area contributed by atoms with Gasteiger partial charge in [0.1, 0.15) is 37.5 Å². The van der Waals surface area contributed by atoms with Crippen LogP contribution in [0.1, 0.15) is 31.9 Å². The maximum atomic E-state index is 12.9. The van der Waals surface area contributed by atoms with Crippen molar-refractivity contribution in [2.24, 2.45) is 0 Å². The van der Waals surface area contributed by atoms with Gasteiger partial charge in [-0.3, -0.25) is 4.79 Å². The molecule has 2 rings (SSSR count). The molecular formula is C23H28ClFO5. The Balaban J connectivity index is 2.01. The number of aliphatic hydroxyl groups is 1. The van der Waals surface area contributed by atoms with E-state index in [1.165, 1.54) is 6.92 Å². The van der Waals surface area contributed by atoms with E-state index in [2.05, 4.69) is 13.8 Å². The molecule has 1 N–H and O–H groups in total. The lowest BCUT2D eigenvalue weighted by Crippen LogP contribution is -2.26. The highest BCUT2D eigenvalue weighted by atomic mass is 35.5. The minimum atomic E-state index is -0.912. The van der Waals surface area contributed by atoms with Gasteiger partial charge in [0.05, 0.1) is 5.88 Å². The average molecular weight is 439 g/mol. The first kappa shape index (κ1) is 24.0. The molecule has 2 aromatic rings. The summed E-state index contributed by atoms with van der Waals surface area (Å²) in [6.45, 7) is 4.76. The zero-order chi connectivity index (χ0) is 22.1. The van der Waals surface area contributed by atoms with E-state index in [-0.39, 0.29) is 24.5 Å². The minimum Gasteiger partial charge on any atom is -0.491 e. The zero-order valence-electron chi connectivity index (χ0n) is 17.4. The van der Waals surface area contributed by atoms with Gasteiger partial charge in [0.25, 0.3) is 0 Å². The average Bonchev–Trinajstić information content (AvgIpc) is 2.75. The number of rotatable bonds is 11. The summed E-state index contributed by atoms with van der Waals surface area (Å²) in [7, 11) is 0. The van der Waals surface area contributed by atoms with Gasteiger partial charge >= 0.3 is 5.97 Å². The summed E-state index contributed by atoms with van der Waals surface area (Å²) in [4.78, 5) is 10.9. The summed E-state index contributed by atoms with van der Waals surface area (Å²) in [6.07, 6.45) is -1.61. The van der Waals surface area contributed by atoms with Crippen LogP contribution in [0.3, 0.4) is 0 Å². The fourth-order valence-electron chi connectivity index (χ4n) is 2.87. The molecule has 5 nitrogen and oxygen atoms in total. The molecule has 0 spiro atoms. The Labute approximate surface area is 181 Å². The van der Waals surface area contributed by atoms with Crippen LogP contribution in [-0.4, -0.2) is 49.1 Å². The highest BCUT2D eigenvalue weighted by Gasteiger charge is 2.23. The molecule has 0 aliphatic heterocycles. The van der Waals surface area contributed by atoms with Gasteiger partial charge in [-0.1, -0.05) is 38.1 Å². The van der Waals surface area contributed by atoms with Crippen LogP contribution >= 0.6 is 11.6 Å². The fourth-order valence-corrected chi connectivity index (χ4v) is 2.96. The Hall–Kier alpha value is -2.31. The first-order valence-corrected chi connectivity index (χ1v) is 10.2. The van der Waals surface area contributed by atoms with E-state index in [0.717, 1.165) is 11.1 Å². The van der Waals surface area contributed by atoms with Crippen molar-refractivity contribution in [2.45, 2.75) is 38.4 Å². The zero-order valence-corrected chi connectivity index (χ0v) is 18.2. The third-order valence-corrected chi connectivity index (χ3v) is 5.07. The summed E-state index contributed by atoms with van der Waals surface area (Å²) in [6, 6.07) is 15.2. The number of alkyl halides is 2. The molecule has 0 saturated heterocycles. The summed E-state index contributed by atoms with van der Waals surface area (Å²) in [5, 5.41) is 9.49. The summed E-state index contributed by atoms with van der Waals surface area (Å²) in [5.74, 6) is 0.827. The second kappa shape index (κ2) is 11.2. The second-order valence-corrected chi connectivity index (χ2v) is 7.80. The lowest BCUT2D eigenvalue weighted by molar-refractivity contribution is -0.148. The predicted octanol–water partition coefficient (Wildman–Crippen LogP) is 4.27. The highest BCUT2D eigenvalue weighted by Crippen LogP contribution is 2.33. The van der Waals surface area contributed by atoms with Crippen LogP contribution < -0.4 is 9.47 Å².